The van der Waals surface area contributed by atoms with Crippen LogP contribution in [-0.2, 0) is 17.9 Å². The fourth-order valence-electron chi connectivity index (χ4n) is 1.42. The van der Waals surface area contributed by atoms with E-state index in [1.54, 1.807) is 12.3 Å². The lowest BCUT2D eigenvalue weighted by Crippen LogP contribution is -2.28. The molecule has 0 saturated carbocycles. The maximum Gasteiger partial charge on any atom is 0.325 e. The molecule has 9 heteroatoms. The van der Waals surface area contributed by atoms with E-state index in [4.69, 9.17) is 5.11 Å². The summed E-state index contributed by atoms with van der Waals surface area (Å²) in [5.74, 6) is -1.01. The summed E-state index contributed by atoms with van der Waals surface area (Å²) in [6, 6.07) is 1.25. The van der Waals surface area contributed by atoms with E-state index in [0.29, 0.717) is 11.4 Å². The fourth-order valence-corrected chi connectivity index (χ4v) is 1.42. The summed E-state index contributed by atoms with van der Waals surface area (Å²) < 4.78 is 1.21. The summed E-state index contributed by atoms with van der Waals surface area (Å²) in [7, 11) is 0. The zero-order chi connectivity index (χ0) is 14.4. The van der Waals surface area contributed by atoms with E-state index in [2.05, 4.69) is 25.7 Å². The molecule has 2 rings (SSSR count). The summed E-state index contributed by atoms with van der Waals surface area (Å²) in [6.45, 7) is 0.00184. The predicted octanol–water partition coefficient (Wildman–Crippen LogP) is 0.0794. The number of aliphatic carboxylic acids is 1. The van der Waals surface area contributed by atoms with Gasteiger partial charge in [-0.25, -0.2) is 14.8 Å². The summed E-state index contributed by atoms with van der Waals surface area (Å²) in [5.41, 5.74) is 1.09. The smallest absolute Gasteiger partial charge is 0.325 e. The highest BCUT2D eigenvalue weighted by Crippen LogP contribution is 2.04. The van der Waals surface area contributed by atoms with Gasteiger partial charge in [-0.15, -0.1) is 0 Å². The Hall–Kier alpha value is -2.97. The van der Waals surface area contributed by atoms with Crippen molar-refractivity contribution in [2.45, 2.75) is 13.1 Å². The topological polar surface area (TPSA) is 122 Å². The number of urea groups is 1. The van der Waals surface area contributed by atoms with E-state index in [9.17, 15) is 9.59 Å². The molecule has 0 aliphatic carbocycles. The van der Waals surface area contributed by atoms with Crippen LogP contribution in [0.1, 0.15) is 5.69 Å². The standard InChI is InChI=1S/C11H12N6O3/c18-10(19)6-17-5-9(4-15-17)16-11(20)13-3-8-1-2-12-7-14-8/h1-2,4-5,7H,3,6H2,(H,18,19)(H2,13,16,20). The molecule has 2 aromatic rings. The van der Waals surface area contributed by atoms with E-state index in [1.807, 2.05) is 0 Å². The first-order valence-electron chi connectivity index (χ1n) is 5.67. The van der Waals surface area contributed by atoms with Gasteiger partial charge in [-0.1, -0.05) is 0 Å². The summed E-state index contributed by atoms with van der Waals surface area (Å²) in [4.78, 5) is 29.8. The Morgan fingerprint density at radius 2 is 2.25 bits per heavy atom. The van der Waals surface area contributed by atoms with Crippen molar-refractivity contribution in [2.75, 3.05) is 5.32 Å². The molecule has 20 heavy (non-hydrogen) atoms. The van der Waals surface area contributed by atoms with Gasteiger partial charge in [0.15, 0.2) is 0 Å². The lowest BCUT2D eigenvalue weighted by atomic mass is 10.4. The Kier molecular flexibility index (Phi) is 4.22. The molecule has 0 saturated heterocycles. The zero-order valence-electron chi connectivity index (χ0n) is 10.4. The van der Waals surface area contributed by atoms with Crippen LogP contribution >= 0.6 is 0 Å². The van der Waals surface area contributed by atoms with Crippen molar-refractivity contribution in [1.82, 2.24) is 25.1 Å². The number of carboxylic acids is 1. The van der Waals surface area contributed by atoms with Crippen molar-refractivity contribution in [2.24, 2.45) is 0 Å². The van der Waals surface area contributed by atoms with Crippen LogP contribution in [0.15, 0.2) is 31.0 Å². The molecule has 0 aliphatic rings. The SMILES string of the molecule is O=C(O)Cn1cc(NC(=O)NCc2ccncn2)cn1. The molecular formula is C11H12N6O3. The van der Waals surface area contributed by atoms with Gasteiger partial charge in [-0.2, -0.15) is 5.10 Å². The third-order valence-corrected chi connectivity index (χ3v) is 2.26. The number of carboxylic acid groups (broad SMARTS) is 1. The van der Waals surface area contributed by atoms with Crippen LogP contribution in [0.3, 0.4) is 0 Å². The van der Waals surface area contributed by atoms with E-state index in [1.165, 1.54) is 23.4 Å². The second-order valence-corrected chi connectivity index (χ2v) is 3.83. The van der Waals surface area contributed by atoms with Crippen molar-refractivity contribution in [3.8, 4) is 0 Å². The molecule has 0 atom stereocenters. The van der Waals surface area contributed by atoms with Crippen LogP contribution in [0, 0.1) is 0 Å². The fraction of sp³-hybridized carbons (Fsp3) is 0.182. The van der Waals surface area contributed by atoms with Crippen molar-refractivity contribution in [3.05, 3.63) is 36.7 Å². The first-order chi connectivity index (χ1) is 9.63. The molecule has 104 valence electrons. The first-order valence-corrected chi connectivity index (χ1v) is 5.67. The van der Waals surface area contributed by atoms with E-state index in [0.717, 1.165) is 0 Å². The Labute approximate surface area is 113 Å². The van der Waals surface area contributed by atoms with Gasteiger partial charge in [0.2, 0.25) is 0 Å². The molecule has 3 N–H and O–H groups in total. The summed E-state index contributed by atoms with van der Waals surface area (Å²) >= 11 is 0. The molecule has 0 unspecified atom stereocenters. The van der Waals surface area contributed by atoms with Gasteiger partial charge in [0.05, 0.1) is 24.1 Å². The van der Waals surface area contributed by atoms with Gasteiger partial charge in [-0.3, -0.25) is 9.48 Å². The van der Waals surface area contributed by atoms with Gasteiger partial charge in [0.25, 0.3) is 0 Å². The molecule has 0 aromatic carbocycles. The van der Waals surface area contributed by atoms with Gasteiger partial charge in [-0.05, 0) is 6.07 Å². The number of nitrogens with one attached hydrogen (secondary N) is 2. The molecule has 0 fully saturated rings. The molecule has 0 aliphatic heterocycles. The molecule has 2 heterocycles. The van der Waals surface area contributed by atoms with Crippen molar-refractivity contribution in [3.63, 3.8) is 0 Å². The van der Waals surface area contributed by atoms with Crippen molar-refractivity contribution in [1.29, 1.82) is 0 Å². The third kappa shape index (κ3) is 4.05. The number of carbonyl (C=O) groups excluding carboxylic acids is 1. The largest absolute Gasteiger partial charge is 0.480 e. The first kappa shape index (κ1) is 13.5. The normalized spacial score (nSPS) is 10.0. The Balaban J connectivity index is 1.82. The lowest BCUT2D eigenvalue weighted by Gasteiger charge is -2.04. The molecule has 0 spiro atoms. The van der Waals surface area contributed by atoms with Crippen LogP contribution in [0.2, 0.25) is 0 Å². The summed E-state index contributed by atoms with van der Waals surface area (Å²) in [6.07, 6.45) is 5.77. The highest BCUT2D eigenvalue weighted by atomic mass is 16.4. The van der Waals surface area contributed by atoms with E-state index >= 15 is 0 Å². The summed E-state index contributed by atoms with van der Waals surface area (Å²) in [5, 5.41) is 17.5. The van der Waals surface area contributed by atoms with Gasteiger partial charge < -0.3 is 15.7 Å². The highest BCUT2D eigenvalue weighted by molar-refractivity contribution is 5.88. The minimum Gasteiger partial charge on any atom is -0.480 e. The Morgan fingerprint density at radius 3 is 2.95 bits per heavy atom. The molecule has 9 nitrogen and oxygen atoms in total. The third-order valence-electron chi connectivity index (χ3n) is 2.26. The molecule has 0 bridgehead atoms. The molecule has 0 radical (unpaired) electrons. The number of carbonyl (C=O) groups is 2. The maximum atomic E-state index is 11.6. The number of hydrogen-bond acceptors (Lipinski definition) is 5. The Morgan fingerprint density at radius 1 is 1.40 bits per heavy atom. The van der Waals surface area contributed by atoms with Crippen molar-refractivity contribution < 1.29 is 14.7 Å². The minimum absolute atomic E-state index is 0.260. The highest BCUT2D eigenvalue weighted by Gasteiger charge is 2.06. The maximum absolute atomic E-state index is 11.6. The number of anilines is 1. The van der Waals surface area contributed by atoms with Gasteiger partial charge >= 0.3 is 12.0 Å². The number of aromatic nitrogens is 4. The van der Waals surface area contributed by atoms with E-state index < -0.39 is 12.0 Å². The van der Waals surface area contributed by atoms with Gasteiger partial charge in [0.1, 0.15) is 12.9 Å². The van der Waals surface area contributed by atoms with Crippen LogP contribution in [0.25, 0.3) is 0 Å². The number of amides is 2. The second-order valence-electron chi connectivity index (χ2n) is 3.83. The average molecular weight is 276 g/mol. The molecule has 2 aromatic heterocycles. The quantitative estimate of drug-likeness (QED) is 0.710. The number of nitrogens with zero attached hydrogens (tertiary/aromatic N) is 4. The van der Waals surface area contributed by atoms with Crippen LogP contribution in [-0.4, -0.2) is 36.9 Å². The molecular weight excluding hydrogens is 264 g/mol. The zero-order valence-corrected chi connectivity index (χ0v) is 10.4. The molecule has 2 amide bonds. The lowest BCUT2D eigenvalue weighted by molar-refractivity contribution is -0.137. The average Bonchev–Trinajstić information content (AvgIpc) is 2.84. The predicted molar refractivity (Wildman–Crippen MR) is 67.8 cm³/mol. The number of rotatable bonds is 5. The van der Waals surface area contributed by atoms with Crippen molar-refractivity contribution >= 4 is 17.7 Å². The van der Waals surface area contributed by atoms with Crippen LogP contribution in [0.4, 0.5) is 10.5 Å². The Bertz CT molecular complexity index is 597. The van der Waals surface area contributed by atoms with Gasteiger partial charge in [0, 0.05) is 12.4 Å². The van der Waals surface area contributed by atoms with Crippen LogP contribution in [0.5, 0.6) is 0 Å². The van der Waals surface area contributed by atoms with E-state index in [-0.39, 0.29) is 13.1 Å². The van der Waals surface area contributed by atoms with Crippen LogP contribution < -0.4 is 10.6 Å². The minimum atomic E-state index is -1.01. The number of hydrogen-bond donors (Lipinski definition) is 3. The monoisotopic (exact) mass is 276 g/mol. The second kappa shape index (κ2) is 6.27.